The minimum atomic E-state index is 0. The van der Waals surface area contributed by atoms with Crippen molar-refractivity contribution >= 4 is 48.9 Å². The molecule has 0 amide bonds. The fraction of sp³-hybridized carbons (Fsp3) is 0. The first-order chi connectivity index (χ1) is 0. The monoisotopic (exact) mass is 429 g/mol. The van der Waals surface area contributed by atoms with Crippen LogP contribution in [0.25, 0.3) is 0 Å². The summed E-state index contributed by atoms with van der Waals surface area (Å²) in [5.41, 5.74) is 0. The van der Waals surface area contributed by atoms with E-state index in [2.05, 4.69) is 0 Å². The zero-order chi connectivity index (χ0) is 0. The maximum Gasteiger partial charge on any atom is 0 e. The molecule has 2 N–H and O–H groups in total. The topological polar surface area (TPSA) is 31.5 Å². The molecular formula is H2BaOWY. The number of hydrogen-bond acceptors (Lipinski definition) is 0. The van der Waals surface area contributed by atoms with Gasteiger partial charge in [0.25, 0.3) is 0 Å². The van der Waals surface area contributed by atoms with Crippen molar-refractivity contribution in [2.45, 2.75) is 0 Å². The van der Waals surface area contributed by atoms with Gasteiger partial charge in [0.1, 0.15) is 0 Å². The van der Waals surface area contributed by atoms with E-state index in [-0.39, 0.29) is 108 Å². The van der Waals surface area contributed by atoms with Crippen molar-refractivity contribution in [3.8, 4) is 0 Å². The van der Waals surface area contributed by atoms with Crippen LogP contribution in [-0.2, 0) is 53.8 Å². The second-order valence-corrected chi connectivity index (χ2v) is 0. The molecule has 0 bridgehead atoms. The van der Waals surface area contributed by atoms with Gasteiger partial charge in [-0.1, -0.05) is 0 Å². The van der Waals surface area contributed by atoms with Gasteiger partial charge in [-0.15, -0.1) is 0 Å². The number of hydrogen-bond donors (Lipinski definition) is 0. The van der Waals surface area contributed by atoms with Gasteiger partial charge in [-0.05, 0) is 0 Å². The molecule has 4 heavy (non-hydrogen) atoms. The van der Waals surface area contributed by atoms with Gasteiger partial charge in [-0.3, -0.25) is 0 Å². The van der Waals surface area contributed by atoms with Crippen molar-refractivity contribution in [3.63, 3.8) is 0 Å². The molecule has 0 aliphatic rings. The molecule has 4 heteroatoms. The van der Waals surface area contributed by atoms with E-state index in [4.69, 9.17) is 0 Å². The molecule has 0 aliphatic heterocycles. The van der Waals surface area contributed by atoms with Crippen LogP contribution in [0.1, 0.15) is 0 Å². The Morgan fingerprint density at radius 1 is 1.00 bits per heavy atom. The van der Waals surface area contributed by atoms with E-state index < -0.39 is 0 Å². The van der Waals surface area contributed by atoms with Gasteiger partial charge in [-0.2, -0.15) is 0 Å². The summed E-state index contributed by atoms with van der Waals surface area (Å²) in [6.07, 6.45) is 0. The molecule has 0 heterocycles. The molecule has 0 aliphatic carbocycles. The molecule has 1 nitrogen and oxygen atoms in total. The van der Waals surface area contributed by atoms with E-state index in [1.165, 1.54) is 0 Å². The standard InChI is InChI=1S/Ba.H2O.W.Y/h;1H2;;. The molecule has 0 fully saturated rings. The van der Waals surface area contributed by atoms with Crippen LogP contribution in [0.4, 0.5) is 0 Å². The molecule has 0 rings (SSSR count). The summed E-state index contributed by atoms with van der Waals surface area (Å²) in [5, 5.41) is 0. The van der Waals surface area contributed by atoms with Gasteiger partial charge in [-0.25, -0.2) is 0 Å². The third-order valence-corrected chi connectivity index (χ3v) is 0. The molecule has 0 saturated heterocycles. The van der Waals surface area contributed by atoms with Crippen LogP contribution in [0, 0.1) is 0 Å². The summed E-state index contributed by atoms with van der Waals surface area (Å²) >= 11 is 0. The summed E-state index contributed by atoms with van der Waals surface area (Å²) in [5.74, 6) is 0. The fourth-order valence-corrected chi connectivity index (χ4v) is 0. The van der Waals surface area contributed by atoms with Crippen LogP contribution >= 0.6 is 0 Å². The number of rotatable bonds is 0. The zero-order valence-corrected chi connectivity index (χ0v) is 12.4. The second-order valence-electron chi connectivity index (χ2n) is 0. The van der Waals surface area contributed by atoms with E-state index in [0.29, 0.717) is 0 Å². The van der Waals surface area contributed by atoms with Crippen molar-refractivity contribution in [2.24, 2.45) is 0 Å². The Kier molecular flexibility index (Phi) is 108. The predicted octanol–water partition coefficient (Wildman–Crippen LogP) is -1.21. The van der Waals surface area contributed by atoms with Crippen molar-refractivity contribution in [3.05, 3.63) is 0 Å². The second kappa shape index (κ2) is 16.2. The fourth-order valence-electron chi connectivity index (χ4n) is 0. The van der Waals surface area contributed by atoms with Gasteiger partial charge in [0.05, 0.1) is 0 Å². The SMILES string of the molecule is O.[Ba].[W].[Y]. The molecule has 0 aromatic rings. The molecule has 0 unspecified atom stereocenters. The Balaban J connectivity index is 0. The smallest absolute Gasteiger partial charge is 0 e. The summed E-state index contributed by atoms with van der Waals surface area (Å²) < 4.78 is 0. The third-order valence-electron chi connectivity index (χ3n) is 0. The Morgan fingerprint density at radius 3 is 1.00 bits per heavy atom. The van der Waals surface area contributed by atoms with Crippen molar-refractivity contribution in [2.75, 3.05) is 0 Å². The van der Waals surface area contributed by atoms with E-state index >= 15 is 0 Å². The molecule has 0 spiro atoms. The maximum atomic E-state index is 0. The molecule has 0 aromatic heterocycles. The van der Waals surface area contributed by atoms with Crippen molar-refractivity contribution < 1.29 is 59.3 Å². The van der Waals surface area contributed by atoms with E-state index in [0.717, 1.165) is 0 Å². The van der Waals surface area contributed by atoms with E-state index in [1.807, 2.05) is 0 Å². The van der Waals surface area contributed by atoms with Gasteiger partial charge in [0.15, 0.2) is 0 Å². The molecular weight excluding hydrogens is 426 g/mol. The molecule has 19 valence electrons. The molecule has 0 atom stereocenters. The first-order valence-corrected chi connectivity index (χ1v) is 0. The van der Waals surface area contributed by atoms with Gasteiger partial charge >= 0.3 is 0 Å². The first-order valence-electron chi connectivity index (χ1n) is 0. The average molecular weight is 428 g/mol. The van der Waals surface area contributed by atoms with Crippen molar-refractivity contribution in [1.82, 2.24) is 0 Å². The normalized spacial score (nSPS) is 0. The summed E-state index contributed by atoms with van der Waals surface area (Å²) in [7, 11) is 0. The van der Waals surface area contributed by atoms with E-state index in [1.54, 1.807) is 0 Å². The third kappa shape index (κ3) is 9.01. The van der Waals surface area contributed by atoms with Gasteiger partial charge in [0, 0.05) is 103 Å². The Bertz CT molecular complexity index is 8.00. The summed E-state index contributed by atoms with van der Waals surface area (Å²) in [6, 6.07) is 0. The Hall–Kier alpha value is 3.32. The Morgan fingerprint density at radius 2 is 1.00 bits per heavy atom. The minimum absolute atomic E-state index is 0. The molecule has 0 saturated carbocycles. The largest absolute Gasteiger partial charge is 0.412 e. The zero-order valence-electron chi connectivity index (χ0n) is 2.19. The van der Waals surface area contributed by atoms with Crippen LogP contribution in [0.5, 0.6) is 0 Å². The van der Waals surface area contributed by atoms with Crippen LogP contribution in [0.2, 0.25) is 0 Å². The first kappa shape index (κ1) is 26.5. The van der Waals surface area contributed by atoms with Crippen LogP contribution < -0.4 is 0 Å². The van der Waals surface area contributed by atoms with Gasteiger partial charge in [0.2, 0.25) is 0 Å². The minimum Gasteiger partial charge on any atom is -0.412 e. The Labute approximate surface area is 105 Å². The molecule has 3 radical (unpaired) electrons. The van der Waals surface area contributed by atoms with Crippen molar-refractivity contribution in [1.29, 1.82) is 0 Å². The van der Waals surface area contributed by atoms with E-state index in [9.17, 15) is 0 Å². The van der Waals surface area contributed by atoms with Crippen LogP contribution in [0.15, 0.2) is 0 Å². The summed E-state index contributed by atoms with van der Waals surface area (Å²) in [6.45, 7) is 0. The average Bonchev–Trinajstić information content (AvgIpc) is 0. The quantitative estimate of drug-likeness (QED) is 0.434. The predicted molar refractivity (Wildman–Crippen MR) is 9.37 cm³/mol. The van der Waals surface area contributed by atoms with Crippen LogP contribution in [-0.4, -0.2) is 54.4 Å². The maximum absolute atomic E-state index is 0. The van der Waals surface area contributed by atoms with Gasteiger partial charge < -0.3 is 5.48 Å². The summed E-state index contributed by atoms with van der Waals surface area (Å²) in [4.78, 5) is 0. The molecule has 0 aromatic carbocycles. The van der Waals surface area contributed by atoms with Crippen LogP contribution in [0.3, 0.4) is 0 Å².